The van der Waals surface area contributed by atoms with E-state index in [-0.39, 0.29) is 0 Å². The van der Waals surface area contributed by atoms with Crippen molar-refractivity contribution in [2.75, 3.05) is 5.32 Å². The first-order valence-corrected chi connectivity index (χ1v) is 4.73. The fourth-order valence-corrected chi connectivity index (χ4v) is 1.18. The second-order valence-electron chi connectivity index (χ2n) is 3.60. The minimum absolute atomic E-state index is 0.392. The van der Waals surface area contributed by atoms with E-state index in [1.165, 1.54) is 6.20 Å². The molecule has 1 heterocycles. The standard InChI is InChI=1S/C9H13BN2O4/c10-9(15,16)6(5-8(13)14)12-7-3-1-2-4-11-7/h1-4,6,15-16H,5,10H2,(H,11,12)(H,13,14). The van der Waals surface area contributed by atoms with Crippen LogP contribution in [-0.4, -0.2) is 45.8 Å². The van der Waals surface area contributed by atoms with Crippen LogP contribution in [0.4, 0.5) is 5.82 Å². The van der Waals surface area contributed by atoms with Crippen molar-refractivity contribution in [3.05, 3.63) is 24.4 Å². The molecule has 0 fully saturated rings. The highest BCUT2D eigenvalue weighted by Crippen LogP contribution is 2.12. The SMILES string of the molecule is BC(O)(O)C(CC(=O)O)Nc1ccccn1. The van der Waals surface area contributed by atoms with Crippen LogP contribution in [0.5, 0.6) is 0 Å². The second kappa shape index (κ2) is 4.95. The van der Waals surface area contributed by atoms with Gasteiger partial charge in [-0.1, -0.05) is 6.07 Å². The molecule has 0 aliphatic rings. The van der Waals surface area contributed by atoms with Gasteiger partial charge >= 0.3 is 5.97 Å². The largest absolute Gasteiger partial charge is 0.481 e. The van der Waals surface area contributed by atoms with Crippen molar-refractivity contribution in [3.63, 3.8) is 0 Å². The maximum Gasteiger partial charge on any atom is 0.305 e. The number of aliphatic hydroxyl groups is 2. The average Bonchev–Trinajstić information content (AvgIpc) is 2.16. The third kappa shape index (κ3) is 3.88. The molecule has 0 bridgehead atoms. The van der Waals surface area contributed by atoms with Crippen LogP contribution < -0.4 is 5.32 Å². The molecule has 0 spiro atoms. The maximum absolute atomic E-state index is 10.6. The summed E-state index contributed by atoms with van der Waals surface area (Å²) < 4.78 is 0. The Morgan fingerprint density at radius 3 is 2.69 bits per heavy atom. The van der Waals surface area contributed by atoms with Gasteiger partial charge in [0.05, 0.1) is 12.5 Å². The Morgan fingerprint density at radius 1 is 1.56 bits per heavy atom. The topological polar surface area (TPSA) is 103 Å². The molecule has 0 saturated heterocycles. The number of hydrogen-bond donors (Lipinski definition) is 4. The molecule has 0 saturated carbocycles. The zero-order chi connectivity index (χ0) is 12.2. The van der Waals surface area contributed by atoms with E-state index in [0.29, 0.717) is 5.82 Å². The summed E-state index contributed by atoms with van der Waals surface area (Å²) in [6.07, 6.45) is 1.10. The molecule has 16 heavy (non-hydrogen) atoms. The molecule has 0 amide bonds. The van der Waals surface area contributed by atoms with E-state index >= 15 is 0 Å². The molecule has 86 valence electrons. The third-order valence-corrected chi connectivity index (χ3v) is 2.03. The first-order chi connectivity index (χ1) is 7.39. The van der Waals surface area contributed by atoms with E-state index in [4.69, 9.17) is 5.11 Å². The molecule has 6 nitrogen and oxygen atoms in total. The molecule has 1 rings (SSSR count). The van der Waals surface area contributed by atoms with Crippen molar-refractivity contribution in [1.82, 2.24) is 4.98 Å². The summed E-state index contributed by atoms with van der Waals surface area (Å²) in [7, 11) is 1.12. The fraction of sp³-hybridized carbons (Fsp3) is 0.333. The highest BCUT2D eigenvalue weighted by molar-refractivity contribution is 6.13. The summed E-state index contributed by atoms with van der Waals surface area (Å²) >= 11 is 0. The lowest BCUT2D eigenvalue weighted by molar-refractivity contribution is -0.143. The van der Waals surface area contributed by atoms with Crippen LogP contribution in [-0.2, 0) is 4.79 Å². The van der Waals surface area contributed by atoms with Gasteiger partial charge in [-0.15, -0.1) is 0 Å². The van der Waals surface area contributed by atoms with Gasteiger partial charge in [0, 0.05) is 6.20 Å². The number of pyridine rings is 1. The maximum atomic E-state index is 10.6. The zero-order valence-corrected chi connectivity index (χ0v) is 8.79. The van der Waals surface area contributed by atoms with Crippen molar-refractivity contribution in [2.24, 2.45) is 0 Å². The van der Waals surface area contributed by atoms with Crippen LogP contribution in [0.15, 0.2) is 24.4 Å². The highest BCUT2D eigenvalue weighted by Gasteiger charge is 2.31. The van der Waals surface area contributed by atoms with Crippen molar-refractivity contribution in [2.45, 2.75) is 18.1 Å². The van der Waals surface area contributed by atoms with E-state index in [0.717, 1.165) is 7.85 Å². The van der Waals surface area contributed by atoms with Crippen LogP contribution in [0.2, 0.25) is 0 Å². The van der Waals surface area contributed by atoms with Gasteiger partial charge in [-0.2, -0.15) is 0 Å². The molecule has 7 heteroatoms. The molecular weight excluding hydrogens is 211 g/mol. The predicted molar refractivity (Wildman–Crippen MR) is 59.6 cm³/mol. The Balaban J connectivity index is 2.75. The quantitative estimate of drug-likeness (QED) is 0.362. The first-order valence-electron chi connectivity index (χ1n) is 4.73. The molecule has 0 aliphatic carbocycles. The number of carbonyl (C=O) groups is 1. The zero-order valence-electron chi connectivity index (χ0n) is 8.79. The Labute approximate surface area is 93.4 Å². The van der Waals surface area contributed by atoms with E-state index in [1.807, 2.05) is 0 Å². The van der Waals surface area contributed by atoms with Gasteiger partial charge in [0.1, 0.15) is 11.5 Å². The predicted octanol–water partition coefficient (Wildman–Crippen LogP) is -1.39. The summed E-state index contributed by atoms with van der Waals surface area (Å²) in [5.41, 5.74) is -2.13. The first kappa shape index (κ1) is 12.5. The lowest BCUT2D eigenvalue weighted by Crippen LogP contribution is -2.48. The van der Waals surface area contributed by atoms with Gasteiger partial charge in [-0.25, -0.2) is 4.98 Å². The Morgan fingerprint density at radius 2 is 2.25 bits per heavy atom. The number of nitrogens with one attached hydrogen (secondary N) is 1. The lowest BCUT2D eigenvalue weighted by atomic mass is 9.85. The number of rotatable bonds is 5. The molecule has 4 N–H and O–H groups in total. The molecule has 1 atom stereocenters. The van der Waals surface area contributed by atoms with Crippen LogP contribution in [0.1, 0.15) is 6.42 Å². The molecule has 1 aromatic heterocycles. The van der Waals surface area contributed by atoms with E-state index in [9.17, 15) is 15.0 Å². The van der Waals surface area contributed by atoms with Gasteiger partial charge in [0.25, 0.3) is 0 Å². The monoisotopic (exact) mass is 224 g/mol. The number of aliphatic carboxylic acids is 1. The van der Waals surface area contributed by atoms with E-state index in [1.54, 1.807) is 18.2 Å². The number of hydrogen-bond acceptors (Lipinski definition) is 5. The van der Waals surface area contributed by atoms with Gasteiger partial charge in [-0.05, 0) is 12.1 Å². The second-order valence-corrected chi connectivity index (χ2v) is 3.60. The van der Waals surface area contributed by atoms with Crippen LogP contribution in [0.3, 0.4) is 0 Å². The number of carboxylic acid groups (broad SMARTS) is 1. The van der Waals surface area contributed by atoms with Crippen molar-refractivity contribution < 1.29 is 20.1 Å². The molecule has 1 aromatic rings. The summed E-state index contributed by atoms with van der Waals surface area (Å²) in [5.74, 6) is -0.731. The third-order valence-electron chi connectivity index (χ3n) is 2.03. The Kier molecular flexibility index (Phi) is 3.86. The summed E-state index contributed by atoms with van der Waals surface area (Å²) in [6, 6.07) is 3.99. The number of aromatic nitrogens is 1. The minimum Gasteiger partial charge on any atom is -0.481 e. The van der Waals surface area contributed by atoms with Gasteiger partial charge in [0.2, 0.25) is 0 Å². The van der Waals surface area contributed by atoms with Crippen molar-refractivity contribution in [1.29, 1.82) is 0 Å². The lowest BCUT2D eigenvalue weighted by Gasteiger charge is -2.28. The van der Waals surface area contributed by atoms with Crippen LogP contribution >= 0.6 is 0 Å². The summed E-state index contributed by atoms with van der Waals surface area (Å²) in [6.45, 7) is 0. The van der Waals surface area contributed by atoms with Crippen molar-refractivity contribution in [3.8, 4) is 0 Å². The molecule has 0 aliphatic heterocycles. The summed E-state index contributed by atoms with van der Waals surface area (Å²) in [5, 5.41) is 30.1. The molecular formula is C9H13BN2O4. The average molecular weight is 224 g/mol. The summed E-state index contributed by atoms with van der Waals surface area (Å²) in [4.78, 5) is 14.5. The number of anilines is 1. The highest BCUT2D eigenvalue weighted by atomic mass is 16.5. The Bertz CT molecular complexity index is 352. The van der Waals surface area contributed by atoms with Crippen molar-refractivity contribution >= 4 is 19.6 Å². The number of carboxylic acids is 1. The minimum atomic E-state index is -2.13. The Hall–Kier alpha value is -1.60. The fourth-order valence-electron chi connectivity index (χ4n) is 1.18. The van der Waals surface area contributed by atoms with Gasteiger partial charge in [0.15, 0.2) is 7.85 Å². The van der Waals surface area contributed by atoms with Crippen LogP contribution in [0, 0.1) is 0 Å². The van der Waals surface area contributed by atoms with E-state index < -0.39 is 24.1 Å². The van der Waals surface area contributed by atoms with Gasteiger partial charge < -0.3 is 20.6 Å². The molecule has 0 radical (unpaired) electrons. The van der Waals surface area contributed by atoms with Crippen LogP contribution in [0.25, 0.3) is 0 Å². The molecule has 0 aromatic carbocycles. The van der Waals surface area contributed by atoms with Gasteiger partial charge in [-0.3, -0.25) is 4.79 Å². The number of nitrogens with zero attached hydrogens (tertiary/aromatic N) is 1. The normalized spacial score (nSPS) is 13.1. The van der Waals surface area contributed by atoms with E-state index in [2.05, 4.69) is 10.3 Å². The molecule has 1 unspecified atom stereocenters. The smallest absolute Gasteiger partial charge is 0.305 e.